The number of hydrogen-bond acceptors (Lipinski definition) is 1. The minimum atomic E-state index is 0.708. The van der Waals surface area contributed by atoms with E-state index in [0.717, 1.165) is 11.8 Å². The average Bonchev–Trinajstić information content (AvgIpc) is 2.51. The second kappa shape index (κ2) is 8.58. The Morgan fingerprint density at radius 1 is 1.14 bits per heavy atom. The van der Waals surface area contributed by atoms with Crippen LogP contribution in [0.2, 0.25) is 0 Å². The lowest BCUT2D eigenvalue weighted by Crippen LogP contribution is -2.40. The van der Waals surface area contributed by atoms with Gasteiger partial charge in [-0.2, -0.15) is 0 Å². The van der Waals surface area contributed by atoms with E-state index in [1.807, 2.05) is 0 Å². The molecule has 0 saturated heterocycles. The van der Waals surface area contributed by atoms with Crippen LogP contribution in [0.15, 0.2) is 24.3 Å². The molecule has 3 unspecified atom stereocenters. The van der Waals surface area contributed by atoms with E-state index in [2.05, 4.69) is 50.4 Å². The van der Waals surface area contributed by atoms with Crippen LogP contribution < -0.4 is 5.32 Å². The lowest BCUT2D eigenvalue weighted by atomic mass is 9.77. The van der Waals surface area contributed by atoms with Gasteiger partial charge in [-0.05, 0) is 61.6 Å². The van der Waals surface area contributed by atoms with Crippen molar-refractivity contribution in [3.8, 4) is 0 Å². The number of rotatable bonds is 8. The van der Waals surface area contributed by atoms with Crippen molar-refractivity contribution in [2.24, 2.45) is 11.8 Å². The fourth-order valence-corrected chi connectivity index (χ4v) is 3.89. The van der Waals surface area contributed by atoms with Crippen molar-refractivity contribution in [2.45, 2.75) is 71.8 Å². The van der Waals surface area contributed by atoms with Gasteiger partial charge in [0.1, 0.15) is 0 Å². The Morgan fingerprint density at radius 2 is 1.90 bits per heavy atom. The van der Waals surface area contributed by atoms with E-state index in [4.69, 9.17) is 0 Å². The molecule has 2 rings (SSSR count). The molecule has 0 aliphatic heterocycles. The molecule has 0 amide bonds. The molecule has 0 heterocycles. The summed E-state index contributed by atoms with van der Waals surface area (Å²) >= 11 is 0. The normalized spacial score (nSPS) is 20.8. The Morgan fingerprint density at radius 3 is 2.62 bits per heavy atom. The van der Waals surface area contributed by atoms with E-state index >= 15 is 0 Å². The number of hydrogen-bond donors (Lipinski definition) is 1. The van der Waals surface area contributed by atoms with E-state index in [1.54, 1.807) is 11.1 Å². The Balaban J connectivity index is 2.00. The van der Waals surface area contributed by atoms with Crippen molar-refractivity contribution in [2.75, 3.05) is 6.54 Å². The molecule has 0 spiro atoms. The summed E-state index contributed by atoms with van der Waals surface area (Å²) < 4.78 is 0. The molecular formula is C20H33N. The van der Waals surface area contributed by atoms with Crippen molar-refractivity contribution >= 4 is 0 Å². The zero-order valence-electron chi connectivity index (χ0n) is 14.2. The van der Waals surface area contributed by atoms with Gasteiger partial charge >= 0.3 is 0 Å². The SMILES string of the molecule is CCCNC(CC(C)CCC)C1CCc2ccccc2C1. The van der Waals surface area contributed by atoms with Gasteiger partial charge in [0.2, 0.25) is 0 Å². The van der Waals surface area contributed by atoms with E-state index in [-0.39, 0.29) is 0 Å². The second-order valence-corrected chi connectivity index (χ2v) is 6.96. The molecule has 1 aromatic carbocycles. The fraction of sp³-hybridized carbons (Fsp3) is 0.700. The number of benzene rings is 1. The maximum Gasteiger partial charge on any atom is 0.0101 e. The van der Waals surface area contributed by atoms with Crippen molar-refractivity contribution in [3.63, 3.8) is 0 Å². The van der Waals surface area contributed by atoms with Gasteiger partial charge in [0.05, 0.1) is 0 Å². The lowest BCUT2D eigenvalue weighted by Gasteiger charge is -2.34. The third-order valence-corrected chi connectivity index (χ3v) is 5.05. The van der Waals surface area contributed by atoms with Gasteiger partial charge in [-0.1, -0.05) is 57.9 Å². The van der Waals surface area contributed by atoms with E-state index in [1.165, 1.54) is 51.5 Å². The fourth-order valence-electron chi connectivity index (χ4n) is 3.89. The lowest BCUT2D eigenvalue weighted by molar-refractivity contribution is 0.269. The topological polar surface area (TPSA) is 12.0 Å². The summed E-state index contributed by atoms with van der Waals surface area (Å²) in [7, 11) is 0. The zero-order valence-corrected chi connectivity index (χ0v) is 14.2. The van der Waals surface area contributed by atoms with Crippen LogP contribution in [0.5, 0.6) is 0 Å². The first-order valence-electron chi connectivity index (χ1n) is 9.04. The van der Waals surface area contributed by atoms with Gasteiger partial charge < -0.3 is 5.32 Å². The quantitative estimate of drug-likeness (QED) is 0.710. The molecule has 1 aliphatic rings. The molecule has 1 aromatic rings. The third kappa shape index (κ3) is 4.85. The summed E-state index contributed by atoms with van der Waals surface area (Å²) in [4.78, 5) is 0. The number of nitrogens with one attached hydrogen (secondary N) is 1. The highest BCUT2D eigenvalue weighted by atomic mass is 14.9. The molecule has 1 N–H and O–H groups in total. The molecule has 1 heteroatoms. The van der Waals surface area contributed by atoms with Crippen LogP contribution >= 0.6 is 0 Å². The molecule has 1 nitrogen and oxygen atoms in total. The molecule has 0 saturated carbocycles. The van der Waals surface area contributed by atoms with E-state index in [0.29, 0.717) is 6.04 Å². The van der Waals surface area contributed by atoms with Crippen LogP contribution in [0, 0.1) is 11.8 Å². The maximum absolute atomic E-state index is 3.86. The standard InChI is InChI=1S/C20H33N/c1-4-8-16(3)14-20(21-13-5-2)19-12-11-17-9-6-7-10-18(17)15-19/h6-7,9-10,16,19-21H,4-5,8,11-15H2,1-3H3. The smallest absolute Gasteiger partial charge is 0.0101 e. The monoisotopic (exact) mass is 287 g/mol. The van der Waals surface area contributed by atoms with Crippen molar-refractivity contribution in [1.82, 2.24) is 5.32 Å². The molecule has 0 aromatic heterocycles. The summed E-state index contributed by atoms with van der Waals surface area (Å²) in [6.07, 6.45) is 9.17. The van der Waals surface area contributed by atoms with E-state index in [9.17, 15) is 0 Å². The van der Waals surface area contributed by atoms with Gasteiger partial charge in [0.25, 0.3) is 0 Å². The van der Waals surface area contributed by atoms with Crippen LogP contribution in [0.3, 0.4) is 0 Å². The predicted octanol–water partition coefficient (Wildman–Crippen LogP) is 4.99. The van der Waals surface area contributed by atoms with Crippen LogP contribution in [0.25, 0.3) is 0 Å². The van der Waals surface area contributed by atoms with Crippen molar-refractivity contribution < 1.29 is 0 Å². The van der Waals surface area contributed by atoms with Crippen molar-refractivity contribution in [3.05, 3.63) is 35.4 Å². The van der Waals surface area contributed by atoms with Crippen LogP contribution in [-0.2, 0) is 12.8 Å². The van der Waals surface area contributed by atoms with Crippen LogP contribution in [-0.4, -0.2) is 12.6 Å². The van der Waals surface area contributed by atoms with Gasteiger partial charge in [0.15, 0.2) is 0 Å². The summed E-state index contributed by atoms with van der Waals surface area (Å²) in [6, 6.07) is 9.76. The molecule has 3 atom stereocenters. The average molecular weight is 287 g/mol. The Bertz CT molecular complexity index is 412. The minimum Gasteiger partial charge on any atom is -0.314 e. The Labute approximate surface area is 131 Å². The van der Waals surface area contributed by atoms with Gasteiger partial charge in [-0.25, -0.2) is 0 Å². The minimum absolute atomic E-state index is 0.708. The largest absolute Gasteiger partial charge is 0.314 e. The highest BCUT2D eigenvalue weighted by Gasteiger charge is 2.26. The first-order valence-corrected chi connectivity index (χ1v) is 9.04. The van der Waals surface area contributed by atoms with Gasteiger partial charge in [-0.15, -0.1) is 0 Å². The molecular weight excluding hydrogens is 254 g/mol. The number of aryl methyl sites for hydroxylation is 1. The molecule has 1 aliphatic carbocycles. The molecule has 0 fully saturated rings. The molecule has 118 valence electrons. The third-order valence-electron chi connectivity index (χ3n) is 5.05. The second-order valence-electron chi connectivity index (χ2n) is 6.96. The highest BCUT2D eigenvalue weighted by Crippen LogP contribution is 2.30. The first kappa shape index (κ1) is 16.5. The highest BCUT2D eigenvalue weighted by molar-refractivity contribution is 5.30. The summed E-state index contributed by atoms with van der Waals surface area (Å²) in [5.74, 6) is 1.67. The summed E-state index contributed by atoms with van der Waals surface area (Å²) in [6.45, 7) is 8.18. The Kier molecular flexibility index (Phi) is 6.76. The summed E-state index contributed by atoms with van der Waals surface area (Å²) in [5, 5.41) is 3.86. The maximum atomic E-state index is 3.86. The molecule has 0 radical (unpaired) electrons. The van der Waals surface area contributed by atoms with Crippen LogP contribution in [0.4, 0.5) is 0 Å². The first-order chi connectivity index (χ1) is 10.2. The van der Waals surface area contributed by atoms with Gasteiger partial charge in [0, 0.05) is 6.04 Å². The van der Waals surface area contributed by atoms with Crippen molar-refractivity contribution in [1.29, 1.82) is 0 Å². The van der Waals surface area contributed by atoms with E-state index < -0.39 is 0 Å². The Hall–Kier alpha value is -0.820. The predicted molar refractivity (Wildman–Crippen MR) is 92.7 cm³/mol. The molecule has 21 heavy (non-hydrogen) atoms. The van der Waals surface area contributed by atoms with Crippen LogP contribution in [0.1, 0.15) is 64.0 Å². The van der Waals surface area contributed by atoms with Gasteiger partial charge in [-0.3, -0.25) is 0 Å². The number of fused-ring (bicyclic) bond motifs is 1. The summed E-state index contributed by atoms with van der Waals surface area (Å²) in [5.41, 5.74) is 3.18. The zero-order chi connectivity index (χ0) is 15.1. The molecule has 0 bridgehead atoms.